The van der Waals surface area contributed by atoms with Gasteiger partial charge in [0.15, 0.2) is 0 Å². The summed E-state index contributed by atoms with van der Waals surface area (Å²) in [5.41, 5.74) is 2.33. The quantitative estimate of drug-likeness (QED) is 0.828. The zero-order chi connectivity index (χ0) is 15.9. The van der Waals surface area contributed by atoms with Crippen molar-refractivity contribution in [2.75, 3.05) is 6.54 Å². The Balaban J connectivity index is 1.87. The summed E-state index contributed by atoms with van der Waals surface area (Å²) in [4.78, 5) is 12.7. The monoisotopic (exact) mass is 317 g/mol. The fraction of sp³-hybridized carbons (Fsp3) is 0.389. The number of benzene rings is 1. The minimum Gasteiger partial charge on any atom is -0.489 e. The predicted octanol–water partition coefficient (Wildman–Crippen LogP) is 4.28. The molecule has 1 heterocycles. The SMILES string of the molecule is CCc1ccc(OCc2csc(C(=O)NCC(C)C)c2)cc1. The third-order valence-electron chi connectivity index (χ3n) is 3.29. The van der Waals surface area contributed by atoms with Crippen molar-refractivity contribution >= 4 is 17.2 Å². The molecule has 0 aliphatic heterocycles. The first-order valence-corrected chi connectivity index (χ1v) is 8.53. The third kappa shape index (κ3) is 4.88. The van der Waals surface area contributed by atoms with Crippen LogP contribution in [0.2, 0.25) is 0 Å². The molecule has 118 valence electrons. The van der Waals surface area contributed by atoms with Crippen molar-refractivity contribution in [3.63, 3.8) is 0 Å². The highest BCUT2D eigenvalue weighted by atomic mass is 32.1. The maximum absolute atomic E-state index is 12.0. The standard InChI is InChI=1S/C18H23NO2S/c1-4-14-5-7-16(8-6-14)21-11-15-9-17(22-12-15)18(20)19-10-13(2)3/h5-9,12-13H,4,10-11H2,1-3H3,(H,19,20). The van der Waals surface area contributed by atoms with Crippen LogP contribution in [0.5, 0.6) is 5.75 Å². The summed E-state index contributed by atoms with van der Waals surface area (Å²) in [5, 5.41) is 4.91. The summed E-state index contributed by atoms with van der Waals surface area (Å²) in [6.07, 6.45) is 1.03. The van der Waals surface area contributed by atoms with Crippen LogP contribution in [-0.4, -0.2) is 12.5 Å². The molecule has 0 unspecified atom stereocenters. The van der Waals surface area contributed by atoms with Crippen LogP contribution in [0.4, 0.5) is 0 Å². The van der Waals surface area contributed by atoms with E-state index in [9.17, 15) is 4.79 Å². The van der Waals surface area contributed by atoms with E-state index in [0.29, 0.717) is 19.1 Å². The van der Waals surface area contributed by atoms with Gasteiger partial charge in [0, 0.05) is 12.1 Å². The number of amides is 1. The first-order valence-electron chi connectivity index (χ1n) is 7.65. The molecular weight excluding hydrogens is 294 g/mol. The Morgan fingerprint density at radius 3 is 2.59 bits per heavy atom. The van der Waals surface area contributed by atoms with Gasteiger partial charge in [0.05, 0.1) is 4.88 Å². The van der Waals surface area contributed by atoms with Gasteiger partial charge in [-0.15, -0.1) is 11.3 Å². The van der Waals surface area contributed by atoms with Gasteiger partial charge in [-0.3, -0.25) is 4.79 Å². The zero-order valence-electron chi connectivity index (χ0n) is 13.4. The van der Waals surface area contributed by atoms with E-state index in [1.807, 2.05) is 23.6 Å². The molecule has 0 saturated heterocycles. The van der Waals surface area contributed by atoms with E-state index in [4.69, 9.17) is 4.74 Å². The van der Waals surface area contributed by atoms with Crippen molar-refractivity contribution < 1.29 is 9.53 Å². The minimum absolute atomic E-state index is 0.00255. The van der Waals surface area contributed by atoms with Gasteiger partial charge < -0.3 is 10.1 Å². The van der Waals surface area contributed by atoms with Crippen LogP contribution in [0.25, 0.3) is 0 Å². The lowest BCUT2D eigenvalue weighted by molar-refractivity contribution is 0.0953. The van der Waals surface area contributed by atoms with Crippen LogP contribution in [-0.2, 0) is 13.0 Å². The Morgan fingerprint density at radius 2 is 1.95 bits per heavy atom. The van der Waals surface area contributed by atoms with Gasteiger partial charge in [-0.2, -0.15) is 0 Å². The van der Waals surface area contributed by atoms with Crippen LogP contribution in [0.3, 0.4) is 0 Å². The van der Waals surface area contributed by atoms with Gasteiger partial charge in [0.25, 0.3) is 5.91 Å². The molecule has 1 N–H and O–H groups in total. The first kappa shape index (κ1) is 16.6. The molecule has 2 rings (SSSR count). The summed E-state index contributed by atoms with van der Waals surface area (Å²) in [5.74, 6) is 1.31. The largest absolute Gasteiger partial charge is 0.489 e. The van der Waals surface area contributed by atoms with E-state index in [0.717, 1.165) is 22.6 Å². The lowest BCUT2D eigenvalue weighted by Crippen LogP contribution is -2.26. The predicted molar refractivity (Wildman–Crippen MR) is 91.6 cm³/mol. The highest BCUT2D eigenvalue weighted by molar-refractivity contribution is 7.12. The van der Waals surface area contributed by atoms with E-state index in [1.54, 1.807) is 0 Å². The van der Waals surface area contributed by atoms with Crippen LogP contribution in [0.1, 0.15) is 41.6 Å². The smallest absolute Gasteiger partial charge is 0.261 e. The van der Waals surface area contributed by atoms with E-state index in [-0.39, 0.29) is 5.91 Å². The van der Waals surface area contributed by atoms with Crippen molar-refractivity contribution in [2.24, 2.45) is 5.92 Å². The fourth-order valence-corrected chi connectivity index (χ4v) is 2.76. The zero-order valence-corrected chi connectivity index (χ0v) is 14.2. The maximum atomic E-state index is 12.0. The molecular formula is C18H23NO2S. The molecule has 3 nitrogen and oxygen atoms in total. The van der Waals surface area contributed by atoms with E-state index >= 15 is 0 Å². The average molecular weight is 317 g/mol. The number of carbonyl (C=O) groups excluding carboxylic acids is 1. The van der Waals surface area contributed by atoms with Crippen LogP contribution in [0.15, 0.2) is 35.7 Å². The van der Waals surface area contributed by atoms with Crippen LogP contribution >= 0.6 is 11.3 Å². The number of rotatable bonds is 7. The number of aryl methyl sites for hydroxylation is 1. The Bertz CT molecular complexity index is 602. The average Bonchev–Trinajstić information content (AvgIpc) is 3.00. The Labute approximate surface area is 136 Å². The Morgan fingerprint density at radius 1 is 1.23 bits per heavy atom. The second-order valence-corrected chi connectivity index (χ2v) is 6.62. The fourth-order valence-electron chi connectivity index (χ4n) is 1.94. The summed E-state index contributed by atoms with van der Waals surface area (Å²) in [6, 6.07) is 10.0. The van der Waals surface area contributed by atoms with Gasteiger partial charge >= 0.3 is 0 Å². The van der Waals surface area contributed by atoms with Crippen molar-refractivity contribution in [3.8, 4) is 5.75 Å². The summed E-state index contributed by atoms with van der Waals surface area (Å²) < 4.78 is 5.76. The van der Waals surface area contributed by atoms with Crippen LogP contribution in [0, 0.1) is 5.92 Å². The van der Waals surface area contributed by atoms with Gasteiger partial charge in [-0.25, -0.2) is 0 Å². The van der Waals surface area contributed by atoms with Gasteiger partial charge in [0.1, 0.15) is 12.4 Å². The second-order valence-electron chi connectivity index (χ2n) is 5.71. The molecule has 0 aliphatic rings. The molecule has 22 heavy (non-hydrogen) atoms. The molecule has 2 aromatic rings. The number of hydrogen-bond acceptors (Lipinski definition) is 3. The molecule has 0 saturated carbocycles. The minimum atomic E-state index is -0.00255. The van der Waals surface area contributed by atoms with Crippen molar-refractivity contribution in [3.05, 3.63) is 51.7 Å². The van der Waals surface area contributed by atoms with Crippen LogP contribution < -0.4 is 10.1 Å². The topological polar surface area (TPSA) is 38.3 Å². The Hall–Kier alpha value is -1.81. The van der Waals surface area contributed by atoms with E-state index in [1.165, 1.54) is 16.9 Å². The second kappa shape index (κ2) is 7.99. The maximum Gasteiger partial charge on any atom is 0.261 e. The van der Waals surface area contributed by atoms with Crippen molar-refractivity contribution in [1.82, 2.24) is 5.32 Å². The molecule has 1 aromatic heterocycles. The summed E-state index contributed by atoms with van der Waals surface area (Å²) >= 11 is 1.46. The summed E-state index contributed by atoms with van der Waals surface area (Å²) in [6.45, 7) is 7.48. The normalized spacial score (nSPS) is 10.7. The highest BCUT2D eigenvalue weighted by Crippen LogP contribution is 2.18. The molecule has 1 aromatic carbocycles. The van der Waals surface area contributed by atoms with Gasteiger partial charge in [-0.05, 0) is 41.5 Å². The molecule has 0 aliphatic carbocycles. The summed E-state index contributed by atoms with van der Waals surface area (Å²) in [7, 11) is 0. The molecule has 4 heteroatoms. The van der Waals surface area contributed by atoms with Gasteiger partial charge in [-0.1, -0.05) is 32.9 Å². The Kier molecular flexibility index (Phi) is 6.01. The highest BCUT2D eigenvalue weighted by Gasteiger charge is 2.09. The van der Waals surface area contributed by atoms with Crippen molar-refractivity contribution in [1.29, 1.82) is 0 Å². The van der Waals surface area contributed by atoms with Gasteiger partial charge in [0.2, 0.25) is 0 Å². The molecule has 0 fully saturated rings. The molecule has 0 spiro atoms. The first-order chi connectivity index (χ1) is 10.6. The number of ether oxygens (including phenoxy) is 1. The van der Waals surface area contributed by atoms with E-state index in [2.05, 4.69) is 38.2 Å². The molecule has 1 amide bonds. The number of thiophene rings is 1. The number of nitrogens with one attached hydrogen (secondary N) is 1. The van der Waals surface area contributed by atoms with E-state index < -0.39 is 0 Å². The lowest BCUT2D eigenvalue weighted by atomic mass is 10.2. The molecule has 0 atom stereocenters. The molecule has 0 bridgehead atoms. The molecule has 0 radical (unpaired) electrons. The lowest BCUT2D eigenvalue weighted by Gasteiger charge is -2.06. The number of carbonyl (C=O) groups is 1. The third-order valence-corrected chi connectivity index (χ3v) is 4.26. The number of hydrogen-bond donors (Lipinski definition) is 1. The van der Waals surface area contributed by atoms with Crippen molar-refractivity contribution in [2.45, 2.75) is 33.8 Å².